The summed E-state index contributed by atoms with van der Waals surface area (Å²) in [5.74, 6) is -0.113. The average Bonchev–Trinajstić information content (AvgIpc) is 3.18. The second-order valence-corrected chi connectivity index (χ2v) is 16.4. The van der Waals surface area contributed by atoms with E-state index in [1.807, 2.05) is 6.08 Å². The third-order valence-electron chi connectivity index (χ3n) is 11.0. The normalized spacial score (nSPS) is 12.9. The zero-order valence-corrected chi connectivity index (χ0v) is 36.7. The highest BCUT2D eigenvalue weighted by molar-refractivity contribution is 5.76. The predicted molar refractivity (Wildman–Crippen MR) is 236 cm³/mol. The van der Waals surface area contributed by atoms with Crippen LogP contribution in [0.15, 0.2) is 24.3 Å². The van der Waals surface area contributed by atoms with Crippen molar-refractivity contribution in [2.75, 3.05) is 13.2 Å². The van der Waals surface area contributed by atoms with E-state index in [1.54, 1.807) is 6.08 Å². The molecule has 55 heavy (non-hydrogen) atoms. The Morgan fingerprint density at radius 3 is 1.31 bits per heavy atom. The number of carbonyl (C=O) groups is 2. The summed E-state index contributed by atoms with van der Waals surface area (Å²) in [5, 5.41) is 23.0. The van der Waals surface area contributed by atoms with Crippen molar-refractivity contribution in [2.24, 2.45) is 0 Å². The maximum absolute atomic E-state index is 12.4. The lowest BCUT2D eigenvalue weighted by Gasteiger charge is -2.19. The molecular formula is C49H93NO5. The highest BCUT2D eigenvalue weighted by Gasteiger charge is 2.18. The maximum Gasteiger partial charge on any atom is 0.305 e. The minimum absolute atomic E-state index is 0.0140. The fraction of sp³-hybridized carbons (Fsp3) is 0.878. The molecule has 0 radical (unpaired) electrons. The summed E-state index contributed by atoms with van der Waals surface area (Å²) in [6.45, 7) is 4.84. The summed E-state index contributed by atoms with van der Waals surface area (Å²) in [7, 11) is 0. The molecule has 0 aromatic rings. The predicted octanol–water partition coefficient (Wildman–Crippen LogP) is 14.0. The monoisotopic (exact) mass is 776 g/mol. The Kier molecular flexibility index (Phi) is 43.7. The van der Waals surface area contributed by atoms with E-state index >= 15 is 0 Å². The minimum atomic E-state index is -0.859. The number of aliphatic hydroxyl groups is 2. The van der Waals surface area contributed by atoms with Crippen molar-refractivity contribution >= 4 is 11.9 Å². The number of esters is 1. The van der Waals surface area contributed by atoms with Gasteiger partial charge in [0.05, 0.1) is 25.4 Å². The van der Waals surface area contributed by atoms with Crippen LogP contribution in [0.1, 0.15) is 251 Å². The molecule has 0 saturated heterocycles. The topological polar surface area (TPSA) is 95.9 Å². The van der Waals surface area contributed by atoms with Gasteiger partial charge in [-0.2, -0.15) is 0 Å². The number of amides is 1. The number of allylic oxidation sites excluding steroid dienone is 3. The quantitative estimate of drug-likeness (QED) is 0.0325. The Bertz CT molecular complexity index is 858. The second-order valence-electron chi connectivity index (χ2n) is 16.4. The summed E-state index contributed by atoms with van der Waals surface area (Å²) in [6.07, 6.45) is 51.7. The van der Waals surface area contributed by atoms with Gasteiger partial charge >= 0.3 is 5.97 Å². The Morgan fingerprint density at radius 2 is 0.855 bits per heavy atom. The van der Waals surface area contributed by atoms with E-state index in [0.717, 1.165) is 70.6 Å². The van der Waals surface area contributed by atoms with E-state index in [1.165, 1.54) is 154 Å². The number of unbranched alkanes of at least 4 members (excludes halogenated alkanes) is 31. The summed E-state index contributed by atoms with van der Waals surface area (Å²) >= 11 is 0. The molecule has 324 valence electrons. The van der Waals surface area contributed by atoms with Gasteiger partial charge in [-0.1, -0.05) is 205 Å². The SMILES string of the molecule is CCCCCCCCCCCCC/C=C/C(O)C(CO)NC(=O)CCCCC/C=C\CCCCCCCCOC(=O)CCCCCCCCCCCCCC. The lowest BCUT2D eigenvalue weighted by molar-refractivity contribution is -0.143. The first kappa shape index (κ1) is 53.3. The number of aliphatic hydroxyl groups excluding tert-OH is 2. The smallest absolute Gasteiger partial charge is 0.305 e. The molecule has 0 aliphatic heterocycles. The van der Waals surface area contributed by atoms with Crippen molar-refractivity contribution < 1.29 is 24.5 Å². The van der Waals surface area contributed by atoms with Gasteiger partial charge < -0.3 is 20.3 Å². The van der Waals surface area contributed by atoms with Gasteiger partial charge in [-0.25, -0.2) is 0 Å². The first-order chi connectivity index (χ1) is 27.0. The highest BCUT2D eigenvalue weighted by Crippen LogP contribution is 2.15. The van der Waals surface area contributed by atoms with E-state index in [2.05, 4.69) is 31.3 Å². The molecule has 3 N–H and O–H groups in total. The molecule has 0 aromatic heterocycles. The molecule has 0 aromatic carbocycles. The lowest BCUT2D eigenvalue weighted by Crippen LogP contribution is -2.45. The van der Waals surface area contributed by atoms with Crippen LogP contribution in [0.4, 0.5) is 0 Å². The molecule has 0 bridgehead atoms. The molecule has 0 aliphatic carbocycles. The number of ether oxygens (including phenoxy) is 1. The maximum atomic E-state index is 12.4. The standard InChI is InChI=1S/C49H93NO5/c1-3-5-7-9-11-13-15-18-21-25-29-33-37-41-47(52)46(45-51)50-48(53)42-38-34-30-26-22-19-17-20-24-28-32-36-40-44-55-49(54)43-39-35-31-27-23-16-14-12-10-8-6-4-2/h19,22,37,41,46-47,51-52H,3-18,20-21,23-36,38-40,42-45H2,1-2H3,(H,50,53)/b22-19-,41-37+. The third-order valence-corrected chi connectivity index (χ3v) is 11.0. The number of carbonyl (C=O) groups excluding carboxylic acids is 2. The van der Waals surface area contributed by atoms with Crippen LogP contribution in [0, 0.1) is 0 Å². The number of hydrogen-bond donors (Lipinski definition) is 3. The van der Waals surface area contributed by atoms with Crippen LogP contribution in [-0.2, 0) is 14.3 Å². The third kappa shape index (κ3) is 41.8. The Balaban J connectivity index is 3.54. The molecule has 0 spiro atoms. The van der Waals surface area contributed by atoms with E-state index in [-0.39, 0.29) is 18.5 Å². The van der Waals surface area contributed by atoms with Gasteiger partial charge in [-0.05, 0) is 57.8 Å². The van der Waals surface area contributed by atoms with Crippen LogP contribution >= 0.6 is 0 Å². The summed E-state index contributed by atoms with van der Waals surface area (Å²) in [4.78, 5) is 24.4. The van der Waals surface area contributed by atoms with Crippen LogP contribution < -0.4 is 5.32 Å². The fourth-order valence-corrected chi connectivity index (χ4v) is 7.21. The fourth-order valence-electron chi connectivity index (χ4n) is 7.21. The molecular weight excluding hydrogens is 683 g/mol. The summed E-state index contributed by atoms with van der Waals surface area (Å²) < 4.78 is 5.44. The van der Waals surface area contributed by atoms with Crippen molar-refractivity contribution in [1.29, 1.82) is 0 Å². The molecule has 2 atom stereocenters. The highest BCUT2D eigenvalue weighted by atomic mass is 16.5. The van der Waals surface area contributed by atoms with Crippen LogP contribution in [-0.4, -0.2) is 47.4 Å². The summed E-state index contributed by atoms with van der Waals surface area (Å²) in [6, 6.07) is -0.646. The average molecular weight is 776 g/mol. The molecule has 0 fully saturated rings. The number of hydrogen-bond acceptors (Lipinski definition) is 5. The Labute approximate surface area is 341 Å². The van der Waals surface area contributed by atoms with E-state index < -0.39 is 12.1 Å². The molecule has 0 heterocycles. The zero-order chi connectivity index (χ0) is 40.1. The number of nitrogens with one attached hydrogen (secondary N) is 1. The minimum Gasteiger partial charge on any atom is -0.466 e. The van der Waals surface area contributed by atoms with E-state index in [0.29, 0.717) is 19.4 Å². The molecule has 0 rings (SSSR count). The van der Waals surface area contributed by atoms with Crippen LogP contribution in [0.5, 0.6) is 0 Å². The van der Waals surface area contributed by atoms with Crippen LogP contribution in [0.2, 0.25) is 0 Å². The van der Waals surface area contributed by atoms with Crippen molar-refractivity contribution in [3.8, 4) is 0 Å². The van der Waals surface area contributed by atoms with Gasteiger partial charge in [0.25, 0.3) is 0 Å². The Morgan fingerprint density at radius 1 is 0.491 bits per heavy atom. The molecule has 2 unspecified atom stereocenters. The van der Waals surface area contributed by atoms with Gasteiger partial charge in [-0.3, -0.25) is 9.59 Å². The largest absolute Gasteiger partial charge is 0.466 e. The Hall–Kier alpha value is -1.66. The molecule has 6 nitrogen and oxygen atoms in total. The van der Waals surface area contributed by atoms with Crippen molar-refractivity contribution in [3.63, 3.8) is 0 Å². The van der Waals surface area contributed by atoms with Crippen molar-refractivity contribution in [1.82, 2.24) is 5.32 Å². The van der Waals surface area contributed by atoms with Crippen molar-refractivity contribution in [3.05, 3.63) is 24.3 Å². The summed E-state index contributed by atoms with van der Waals surface area (Å²) in [5.41, 5.74) is 0. The number of rotatable bonds is 44. The van der Waals surface area contributed by atoms with E-state index in [4.69, 9.17) is 4.74 Å². The van der Waals surface area contributed by atoms with Gasteiger partial charge in [0, 0.05) is 12.8 Å². The van der Waals surface area contributed by atoms with Gasteiger partial charge in [0.1, 0.15) is 0 Å². The zero-order valence-electron chi connectivity index (χ0n) is 36.7. The van der Waals surface area contributed by atoms with Crippen LogP contribution in [0.3, 0.4) is 0 Å². The van der Waals surface area contributed by atoms with Crippen LogP contribution in [0.25, 0.3) is 0 Å². The van der Waals surface area contributed by atoms with E-state index in [9.17, 15) is 19.8 Å². The first-order valence-electron chi connectivity index (χ1n) is 24.1. The second kappa shape index (κ2) is 45.0. The van der Waals surface area contributed by atoms with Crippen molar-refractivity contribution in [2.45, 2.75) is 264 Å². The molecule has 6 heteroatoms. The van der Waals surface area contributed by atoms with Gasteiger partial charge in [0.2, 0.25) is 5.91 Å². The lowest BCUT2D eigenvalue weighted by atomic mass is 10.0. The molecule has 1 amide bonds. The van der Waals surface area contributed by atoms with Gasteiger partial charge in [0.15, 0.2) is 0 Å². The molecule has 0 aliphatic rings. The molecule has 0 saturated carbocycles. The first-order valence-corrected chi connectivity index (χ1v) is 24.1. The van der Waals surface area contributed by atoms with Gasteiger partial charge in [-0.15, -0.1) is 0 Å².